The maximum atomic E-state index is 13.0. The molecule has 1 N–H and O–H groups in total. The highest BCUT2D eigenvalue weighted by Gasteiger charge is 2.02. The van der Waals surface area contributed by atoms with Crippen LogP contribution < -0.4 is 4.74 Å². The molecule has 0 aromatic heterocycles. The van der Waals surface area contributed by atoms with Crippen LogP contribution in [0.3, 0.4) is 0 Å². The van der Waals surface area contributed by atoms with Crippen molar-refractivity contribution in [2.24, 2.45) is 0 Å². The molecule has 2 aromatic rings. The summed E-state index contributed by atoms with van der Waals surface area (Å²) in [6.45, 7) is 0.235. The summed E-state index contributed by atoms with van der Waals surface area (Å²) in [6.07, 6.45) is 0. The predicted octanol–water partition coefficient (Wildman–Crippen LogP) is 3.76. The van der Waals surface area contributed by atoms with Gasteiger partial charge in [-0.3, -0.25) is 0 Å². The molecular weight excluding hydrogens is 243 g/mol. The zero-order valence-corrected chi connectivity index (χ0v) is 9.62. The lowest BCUT2D eigenvalue weighted by Gasteiger charge is -2.06. The van der Waals surface area contributed by atoms with Gasteiger partial charge in [0.25, 0.3) is 0 Å². The van der Waals surface area contributed by atoms with Crippen molar-refractivity contribution in [2.75, 3.05) is 0 Å². The van der Waals surface area contributed by atoms with Gasteiger partial charge in [-0.1, -0.05) is 17.7 Å². The second-order valence-corrected chi connectivity index (χ2v) is 3.96. The molecule has 0 fully saturated rings. The quantitative estimate of drug-likeness (QED) is 0.901. The number of benzene rings is 2. The van der Waals surface area contributed by atoms with Crippen molar-refractivity contribution < 1.29 is 14.2 Å². The van der Waals surface area contributed by atoms with Gasteiger partial charge < -0.3 is 9.84 Å². The number of ether oxygens (including phenoxy) is 1. The van der Waals surface area contributed by atoms with Crippen LogP contribution in [0.2, 0.25) is 5.02 Å². The third-order valence-corrected chi connectivity index (χ3v) is 2.48. The lowest BCUT2D eigenvalue weighted by Crippen LogP contribution is -1.95. The smallest absolute Gasteiger partial charge is 0.165 e. The number of phenolic OH excluding ortho intramolecular Hbond substituents is 1. The van der Waals surface area contributed by atoms with E-state index in [9.17, 15) is 4.39 Å². The second kappa shape index (κ2) is 5.06. The molecule has 0 radical (unpaired) electrons. The van der Waals surface area contributed by atoms with E-state index in [0.29, 0.717) is 16.3 Å². The van der Waals surface area contributed by atoms with Crippen molar-refractivity contribution in [2.45, 2.75) is 6.61 Å². The van der Waals surface area contributed by atoms with Crippen molar-refractivity contribution in [3.05, 3.63) is 58.9 Å². The van der Waals surface area contributed by atoms with Gasteiger partial charge in [-0.05, 0) is 42.0 Å². The lowest BCUT2D eigenvalue weighted by molar-refractivity contribution is 0.305. The lowest BCUT2D eigenvalue weighted by atomic mass is 10.2. The highest BCUT2D eigenvalue weighted by atomic mass is 35.5. The number of phenols is 1. The van der Waals surface area contributed by atoms with Crippen molar-refractivity contribution in [1.29, 1.82) is 0 Å². The van der Waals surface area contributed by atoms with Crippen LogP contribution in [0.25, 0.3) is 0 Å². The molecule has 88 valence electrons. The minimum absolute atomic E-state index is 0.235. The molecule has 0 amide bonds. The highest BCUT2D eigenvalue weighted by Crippen LogP contribution is 2.19. The molecular formula is C13H10ClFO2. The first-order chi connectivity index (χ1) is 8.15. The highest BCUT2D eigenvalue weighted by molar-refractivity contribution is 6.30. The van der Waals surface area contributed by atoms with Crippen LogP contribution in [-0.4, -0.2) is 5.11 Å². The third kappa shape index (κ3) is 3.11. The number of hydrogen-bond donors (Lipinski definition) is 1. The fraction of sp³-hybridized carbons (Fsp3) is 0.0769. The Bertz CT molecular complexity index is 511. The first-order valence-electron chi connectivity index (χ1n) is 5.01. The Hall–Kier alpha value is -1.74. The molecule has 2 rings (SSSR count). The first-order valence-corrected chi connectivity index (χ1v) is 5.39. The van der Waals surface area contributed by atoms with E-state index in [1.807, 2.05) is 0 Å². The van der Waals surface area contributed by atoms with Crippen molar-refractivity contribution in [3.63, 3.8) is 0 Å². The molecule has 4 heteroatoms. The number of aromatic hydroxyl groups is 1. The van der Waals surface area contributed by atoms with Crippen LogP contribution in [0.15, 0.2) is 42.5 Å². The number of hydrogen-bond acceptors (Lipinski definition) is 2. The molecule has 0 aliphatic rings. The molecule has 2 aromatic carbocycles. The van der Waals surface area contributed by atoms with E-state index in [1.54, 1.807) is 30.3 Å². The van der Waals surface area contributed by atoms with Gasteiger partial charge in [0.2, 0.25) is 0 Å². The van der Waals surface area contributed by atoms with Crippen LogP contribution in [-0.2, 0) is 6.61 Å². The van der Waals surface area contributed by atoms with Gasteiger partial charge in [0.05, 0.1) is 0 Å². The Morgan fingerprint density at radius 1 is 1.12 bits per heavy atom. The molecule has 0 aliphatic heterocycles. The SMILES string of the molecule is Oc1ccc(COc2ccc(Cl)cc2)cc1F. The molecule has 2 nitrogen and oxygen atoms in total. The summed E-state index contributed by atoms with van der Waals surface area (Å²) in [5, 5.41) is 9.66. The van der Waals surface area contributed by atoms with Crippen LogP contribution in [0.5, 0.6) is 11.5 Å². The van der Waals surface area contributed by atoms with E-state index in [1.165, 1.54) is 12.1 Å². The normalized spacial score (nSPS) is 10.2. The van der Waals surface area contributed by atoms with Gasteiger partial charge in [0.15, 0.2) is 11.6 Å². The van der Waals surface area contributed by atoms with E-state index in [-0.39, 0.29) is 12.4 Å². The number of rotatable bonds is 3. The Balaban J connectivity index is 2.02. The zero-order valence-electron chi connectivity index (χ0n) is 8.86. The summed E-state index contributed by atoms with van der Waals surface area (Å²) in [7, 11) is 0. The molecule has 0 heterocycles. The van der Waals surface area contributed by atoms with Crippen LogP contribution in [0.1, 0.15) is 5.56 Å². The molecule has 0 spiro atoms. The number of halogens is 2. The van der Waals surface area contributed by atoms with Crippen molar-refractivity contribution >= 4 is 11.6 Å². The predicted molar refractivity (Wildman–Crippen MR) is 63.8 cm³/mol. The van der Waals surface area contributed by atoms with Crippen molar-refractivity contribution in [3.8, 4) is 11.5 Å². The summed E-state index contributed by atoms with van der Waals surface area (Å²) < 4.78 is 18.5. The monoisotopic (exact) mass is 252 g/mol. The fourth-order valence-electron chi connectivity index (χ4n) is 1.34. The average molecular weight is 253 g/mol. The molecule has 0 aliphatic carbocycles. The standard InChI is InChI=1S/C13H10ClFO2/c14-10-2-4-11(5-3-10)17-8-9-1-6-13(16)12(15)7-9/h1-7,16H,8H2. The Morgan fingerprint density at radius 3 is 2.47 bits per heavy atom. The van der Waals surface area contributed by atoms with E-state index >= 15 is 0 Å². The van der Waals surface area contributed by atoms with Gasteiger partial charge in [0, 0.05) is 5.02 Å². The molecule has 0 unspecified atom stereocenters. The van der Waals surface area contributed by atoms with E-state index in [0.717, 1.165) is 0 Å². The summed E-state index contributed by atoms with van der Waals surface area (Å²) in [5.41, 5.74) is 0.648. The van der Waals surface area contributed by atoms with E-state index in [2.05, 4.69) is 0 Å². The second-order valence-electron chi connectivity index (χ2n) is 3.53. The van der Waals surface area contributed by atoms with Crippen molar-refractivity contribution in [1.82, 2.24) is 0 Å². The average Bonchev–Trinajstić information content (AvgIpc) is 2.33. The van der Waals surface area contributed by atoms with Gasteiger partial charge >= 0.3 is 0 Å². The maximum Gasteiger partial charge on any atom is 0.165 e. The molecule has 0 bridgehead atoms. The third-order valence-electron chi connectivity index (χ3n) is 2.23. The summed E-state index contributed by atoms with van der Waals surface area (Å²) >= 11 is 5.73. The van der Waals surface area contributed by atoms with Gasteiger partial charge in [0.1, 0.15) is 12.4 Å². The fourth-order valence-corrected chi connectivity index (χ4v) is 1.46. The van der Waals surface area contributed by atoms with Crippen LogP contribution >= 0.6 is 11.6 Å². The molecule has 0 saturated carbocycles. The summed E-state index contributed by atoms with van der Waals surface area (Å²) in [5.74, 6) is -0.356. The molecule has 17 heavy (non-hydrogen) atoms. The van der Waals surface area contributed by atoms with Crippen LogP contribution in [0, 0.1) is 5.82 Å². The van der Waals surface area contributed by atoms with E-state index < -0.39 is 5.82 Å². The van der Waals surface area contributed by atoms with Gasteiger partial charge in [-0.2, -0.15) is 0 Å². The maximum absolute atomic E-state index is 13.0. The minimum atomic E-state index is -0.651. The summed E-state index contributed by atoms with van der Waals surface area (Å²) in [4.78, 5) is 0. The van der Waals surface area contributed by atoms with Gasteiger partial charge in [-0.25, -0.2) is 4.39 Å². The van der Waals surface area contributed by atoms with Crippen LogP contribution in [0.4, 0.5) is 4.39 Å². The Labute approximate surface area is 103 Å². The Kier molecular flexibility index (Phi) is 3.49. The summed E-state index contributed by atoms with van der Waals surface area (Å²) in [6, 6.07) is 11.1. The molecule has 0 saturated heterocycles. The largest absolute Gasteiger partial charge is 0.505 e. The minimum Gasteiger partial charge on any atom is -0.505 e. The molecule has 0 atom stereocenters. The van der Waals surface area contributed by atoms with Gasteiger partial charge in [-0.15, -0.1) is 0 Å². The Morgan fingerprint density at radius 2 is 1.82 bits per heavy atom. The van der Waals surface area contributed by atoms with E-state index in [4.69, 9.17) is 21.4 Å². The zero-order chi connectivity index (χ0) is 12.3. The first kappa shape index (κ1) is 11.7. The topological polar surface area (TPSA) is 29.5 Å².